The third-order valence-electron chi connectivity index (χ3n) is 2.44. The number of hydroxylamine groups is 1. The number of amides is 2. The molecule has 2 amide bonds. The van der Waals surface area contributed by atoms with E-state index in [9.17, 15) is 9.59 Å². The largest absolute Gasteiger partial charge is 0.444 e. The molecule has 0 saturated heterocycles. The highest BCUT2D eigenvalue weighted by Crippen LogP contribution is 2.07. The maximum absolute atomic E-state index is 11.9. The number of carbonyl (C=O) groups excluding carboxylic acids is 2. The van der Waals surface area contributed by atoms with Gasteiger partial charge in [-0.25, -0.2) is 10.3 Å². The molecule has 1 aromatic carbocycles. The van der Waals surface area contributed by atoms with Gasteiger partial charge in [0.2, 0.25) is 0 Å². The fourth-order valence-electron chi connectivity index (χ4n) is 1.49. The Hall–Kier alpha value is -2.34. The molecule has 0 bridgehead atoms. The molecule has 0 heterocycles. The van der Waals surface area contributed by atoms with E-state index in [1.807, 2.05) is 30.3 Å². The van der Waals surface area contributed by atoms with Crippen LogP contribution >= 0.6 is 0 Å². The molecule has 0 aromatic heterocycles. The predicted octanol–water partition coefficient (Wildman–Crippen LogP) is 2.31. The molecule has 0 spiro atoms. The van der Waals surface area contributed by atoms with E-state index >= 15 is 0 Å². The van der Waals surface area contributed by atoms with Crippen LogP contribution in [0, 0.1) is 0 Å². The minimum atomic E-state index is -0.939. The molecular formula is C16H22N2O4. The van der Waals surface area contributed by atoms with Crippen molar-refractivity contribution < 1.29 is 19.2 Å². The van der Waals surface area contributed by atoms with Crippen molar-refractivity contribution in [3.05, 3.63) is 48.6 Å². The van der Waals surface area contributed by atoms with Gasteiger partial charge in [-0.15, -0.1) is 6.58 Å². The van der Waals surface area contributed by atoms with Crippen LogP contribution in [-0.4, -0.2) is 23.6 Å². The Morgan fingerprint density at radius 3 is 2.45 bits per heavy atom. The fraction of sp³-hybridized carbons (Fsp3) is 0.375. The summed E-state index contributed by atoms with van der Waals surface area (Å²) < 4.78 is 5.08. The Kier molecular flexibility index (Phi) is 6.59. The van der Waals surface area contributed by atoms with Crippen LogP contribution in [0.15, 0.2) is 43.0 Å². The smallest absolute Gasteiger partial charge is 0.408 e. The molecule has 0 radical (unpaired) electrons. The highest BCUT2D eigenvalue weighted by Gasteiger charge is 2.22. The van der Waals surface area contributed by atoms with Crippen LogP contribution in [0.25, 0.3) is 0 Å². The van der Waals surface area contributed by atoms with Crippen LogP contribution in [0.5, 0.6) is 0 Å². The Balaban J connectivity index is 2.41. The van der Waals surface area contributed by atoms with E-state index in [1.54, 1.807) is 20.8 Å². The van der Waals surface area contributed by atoms with Crippen LogP contribution < -0.4 is 10.8 Å². The van der Waals surface area contributed by atoms with Crippen molar-refractivity contribution in [2.75, 3.05) is 0 Å². The predicted molar refractivity (Wildman–Crippen MR) is 82.7 cm³/mol. The summed E-state index contributed by atoms with van der Waals surface area (Å²) in [6.07, 6.45) is 0.598. The Morgan fingerprint density at radius 2 is 1.91 bits per heavy atom. The third-order valence-corrected chi connectivity index (χ3v) is 2.44. The molecule has 2 N–H and O–H groups in total. The molecule has 120 valence electrons. The van der Waals surface area contributed by atoms with E-state index in [1.165, 1.54) is 6.08 Å². The van der Waals surface area contributed by atoms with E-state index in [0.29, 0.717) is 0 Å². The van der Waals surface area contributed by atoms with Gasteiger partial charge in [0, 0.05) is 0 Å². The highest BCUT2D eigenvalue weighted by molar-refractivity contribution is 5.86. The lowest BCUT2D eigenvalue weighted by Crippen LogP contribution is -2.47. The van der Waals surface area contributed by atoms with Gasteiger partial charge in [0.15, 0.2) is 0 Å². The minimum Gasteiger partial charge on any atom is -0.444 e. The maximum Gasteiger partial charge on any atom is 0.408 e. The Bertz CT molecular complexity index is 509. The standard InChI is InChI=1S/C16H22N2O4/c1-5-13(17-15(20)22-16(2,3)4)14(19)18-21-11-12-9-7-6-8-10-12/h5-10,13H,1,11H2,2-4H3,(H,17,20)(H,18,19)/t13-/m0/s1. The first kappa shape index (κ1) is 17.7. The first-order chi connectivity index (χ1) is 10.3. The Labute approximate surface area is 130 Å². The molecule has 0 aliphatic heterocycles. The first-order valence-corrected chi connectivity index (χ1v) is 6.89. The Morgan fingerprint density at radius 1 is 1.27 bits per heavy atom. The molecule has 1 rings (SSSR count). The molecule has 0 aliphatic rings. The van der Waals surface area contributed by atoms with Crippen molar-refractivity contribution in [2.24, 2.45) is 0 Å². The third kappa shape index (κ3) is 6.90. The van der Waals surface area contributed by atoms with Gasteiger partial charge >= 0.3 is 6.09 Å². The molecule has 0 fully saturated rings. The zero-order chi connectivity index (χ0) is 16.6. The van der Waals surface area contributed by atoms with E-state index in [0.717, 1.165) is 5.56 Å². The van der Waals surface area contributed by atoms with E-state index in [-0.39, 0.29) is 6.61 Å². The van der Waals surface area contributed by atoms with Crippen molar-refractivity contribution in [3.8, 4) is 0 Å². The minimum absolute atomic E-state index is 0.225. The van der Waals surface area contributed by atoms with E-state index < -0.39 is 23.6 Å². The molecule has 22 heavy (non-hydrogen) atoms. The topological polar surface area (TPSA) is 76.7 Å². The zero-order valence-electron chi connectivity index (χ0n) is 13.1. The van der Waals surface area contributed by atoms with Crippen LogP contribution in [0.1, 0.15) is 26.3 Å². The summed E-state index contributed by atoms with van der Waals surface area (Å²) in [6, 6.07) is 8.44. The molecule has 1 atom stereocenters. The van der Waals surface area contributed by atoms with Gasteiger partial charge in [0.1, 0.15) is 11.6 Å². The second kappa shape index (κ2) is 8.19. The molecule has 6 heteroatoms. The number of nitrogens with one attached hydrogen (secondary N) is 2. The van der Waals surface area contributed by atoms with Crippen LogP contribution in [0.2, 0.25) is 0 Å². The van der Waals surface area contributed by atoms with Crippen molar-refractivity contribution >= 4 is 12.0 Å². The number of alkyl carbamates (subject to hydrolysis) is 1. The summed E-state index contributed by atoms with van der Waals surface area (Å²) >= 11 is 0. The van der Waals surface area contributed by atoms with Crippen molar-refractivity contribution in [1.82, 2.24) is 10.8 Å². The van der Waals surface area contributed by atoms with Crippen molar-refractivity contribution in [3.63, 3.8) is 0 Å². The summed E-state index contributed by atoms with van der Waals surface area (Å²) in [5, 5.41) is 2.40. The van der Waals surface area contributed by atoms with Crippen molar-refractivity contribution in [2.45, 2.75) is 39.0 Å². The van der Waals surface area contributed by atoms with E-state index in [2.05, 4.69) is 17.4 Å². The highest BCUT2D eigenvalue weighted by atomic mass is 16.7. The van der Waals surface area contributed by atoms with Gasteiger partial charge in [-0.3, -0.25) is 9.63 Å². The van der Waals surface area contributed by atoms with Gasteiger partial charge < -0.3 is 10.1 Å². The van der Waals surface area contributed by atoms with E-state index in [4.69, 9.17) is 9.57 Å². The summed E-state index contributed by atoms with van der Waals surface area (Å²) in [5.74, 6) is -0.531. The summed E-state index contributed by atoms with van der Waals surface area (Å²) in [4.78, 5) is 28.6. The maximum atomic E-state index is 11.9. The number of ether oxygens (including phenoxy) is 1. The monoisotopic (exact) mass is 306 g/mol. The molecule has 0 saturated carbocycles. The average molecular weight is 306 g/mol. The number of carbonyl (C=O) groups is 2. The van der Waals surface area contributed by atoms with Crippen LogP contribution in [0.3, 0.4) is 0 Å². The summed E-state index contributed by atoms with van der Waals surface area (Å²) in [6.45, 7) is 8.94. The molecular weight excluding hydrogens is 284 g/mol. The molecule has 6 nitrogen and oxygen atoms in total. The number of hydrogen-bond donors (Lipinski definition) is 2. The summed E-state index contributed by atoms with van der Waals surface area (Å²) in [5.41, 5.74) is 2.54. The molecule has 0 unspecified atom stereocenters. The van der Waals surface area contributed by atoms with Gasteiger partial charge in [0.25, 0.3) is 5.91 Å². The number of benzene rings is 1. The lowest BCUT2D eigenvalue weighted by Gasteiger charge is -2.21. The summed E-state index contributed by atoms with van der Waals surface area (Å²) in [7, 11) is 0. The lowest BCUT2D eigenvalue weighted by molar-refractivity contribution is -0.135. The first-order valence-electron chi connectivity index (χ1n) is 6.89. The average Bonchev–Trinajstić information content (AvgIpc) is 2.44. The zero-order valence-corrected chi connectivity index (χ0v) is 13.1. The van der Waals surface area contributed by atoms with Gasteiger partial charge in [-0.2, -0.15) is 0 Å². The number of hydrogen-bond acceptors (Lipinski definition) is 4. The van der Waals surface area contributed by atoms with Gasteiger partial charge in [-0.1, -0.05) is 36.4 Å². The van der Waals surface area contributed by atoms with Crippen LogP contribution in [-0.2, 0) is 21.0 Å². The fourth-order valence-corrected chi connectivity index (χ4v) is 1.49. The second-order valence-electron chi connectivity index (χ2n) is 5.60. The van der Waals surface area contributed by atoms with Gasteiger partial charge in [-0.05, 0) is 26.3 Å². The SMILES string of the molecule is C=C[C@H](NC(=O)OC(C)(C)C)C(=O)NOCc1ccccc1. The molecule has 0 aliphatic carbocycles. The lowest BCUT2D eigenvalue weighted by atomic mass is 10.2. The number of rotatable bonds is 6. The molecule has 1 aromatic rings. The normalized spacial score (nSPS) is 12.1. The second-order valence-corrected chi connectivity index (χ2v) is 5.60. The van der Waals surface area contributed by atoms with Crippen LogP contribution in [0.4, 0.5) is 4.79 Å². The quantitative estimate of drug-likeness (QED) is 0.624. The van der Waals surface area contributed by atoms with Gasteiger partial charge in [0.05, 0.1) is 6.61 Å². The van der Waals surface area contributed by atoms with Crippen molar-refractivity contribution in [1.29, 1.82) is 0 Å².